The lowest BCUT2D eigenvalue weighted by molar-refractivity contribution is -0.138. The number of hydrogen-bond acceptors (Lipinski definition) is 2. The highest BCUT2D eigenvalue weighted by Gasteiger charge is 2.34. The molecule has 1 saturated carbocycles. The predicted octanol–water partition coefficient (Wildman–Crippen LogP) is 4.85. The summed E-state index contributed by atoms with van der Waals surface area (Å²) >= 11 is 1.50. The molecule has 1 aromatic rings. The molecule has 2 rings (SSSR count). The number of rotatable bonds is 7. The minimum atomic E-state index is -4.28. The van der Waals surface area contributed by atoms with E-state index in [-0.39, 0.29) is 0 Å². The van der Waals surface area contributed by atoms with Crippen LogP contribution in [0.15, 0.2) is 23.1 Å². The Labute approximate surface area is 122 Å². The van der Waals surface area contributed by atoms with Crippen LogP contribution >= 0.6 is 11.8 Å². The molecule has 1 nitrogen and oxygen atoms in total. The molecule has 0 unspecified atom stereocenters. The van der Waals surface area contributed by atoms with Gasteiger partial charge in [0.05, 0.1) is 5.56 Å². The fourth-order valence-electron chi connectivity index (χ4n) is 1.94. The zero-order chi connectivity index (χ0) is 14.6. The van der Waals surface area contributed by atoms with E-state index in [1.807, 2.05) is 0 Å². The number of thioether (sulfide) groups is 1. The van der Waals surface area contributed by atoms with Crippen LogP contribution < -0.4 is 5.32 Å². The van der Waals surface area contributed by atoms with Gasteiger partial charge in [-0.1, -0.05) is 19.4 Å². The second kappa shape index (κ2) is 6.85. The number of unbranched alkanes of at least 4 members (excludes halogenated alkanes) is 1. The fraction of sp³-hybridized carbons (Fsp3) is 0.600. The SMILES string of the molecule is CCCCSc1ccc(CNC2CC2)c(C(F)(F)F)c1. The van der Waals surface area contributed by atoms with Crippen molar-refractivity contribution in [1.82, 2.24) is 5.32 Å². The summed E-state index contributed by atoms with van der Waals surface area (Å²) in [5, 5.41) is 3.15. The van der Waals surface area contributed by atoms with Crippen molar-refractivity contribution in [3.8, 4) is 0 Å². The highest BCUT2D eigenvalue weighted by atomic mass is 32.2. The Morgan fingerprint density at radius 1 is 1.30 bits per heavy atom. The standard InChI is InChI=1S/C15H20F3NS/c1-2-3-8-20-13-7-4-11(10-19-12-5-6-12)14(9-13)15(16,17)18/h4,7,9,12,19H,2-3,5-6,8,10H2,1H3. The number of alkyl halides is 3. The van der Waals surface area contributed by atoms with E-state index in [0.717, 1.165) is 31.4 Å². The second-order valence-corrected chi connectivity index (χ2v) is 6.34. The van der Waals surface area contributed by atoms with Crippen molar-refractivity contribution in [3.05, 3.63) is 29.3 Å². The minimum Gasteiger partial charge on any atom is -0.310 e. The summed E-state index contributed by atoms with van der Waals surface area (Å²) in [7, 11) is 0. The smallest absolute Gasteiger partial charge is 0.310 e. The number of halogens is 3. The summed E-state index contributed by atoms with van der Waals surface area (Å²) in [4.78, 5) is 0.709. The molecule has 0 bridgehead atoms. The van der Waals surface area contributed by atoms with Crippen LogP contribution in [-0.2, 0) is 12.7 Å². The summed E-state index contributed by atoms with van der Waals surface area (Å²) < 4.78 is 39.4. The molecule has 5 heteroatoms. The summed E-state index contributed by atoms with van der Waals surface area (Å²) in [5.74, 6) is 0.869. The van der Waals surface area contributed by atoms with E-state index in [4.69, 9.17) is 0 Å². The first-order valence-corrected chi connectivity index (χ1v) is 8.05. The first-order chi connectivity index (χ1) is 9.50. The van der Waals surface area contributed by atoms with Gasteiger partial charge in [0.25, 0.3) is 0 Å². The van der Waals surface area contributed by atoms with E-state index in [1.165, 1.54) is 17.8 Å². The van der Waals surface area contributed by atoms with Gasteiger partial charge in [0.15, 0.2) is 0 Å². The average Bonchev–Trinajstić information content (AvgIpc) is 3.20. The van der Waals surface area contributed by atoms with Gasteiger partial charge >= 0.3 is 6.18 Å². The molecule has 0 radical (unpaired) electrons. The van der Waals surface area contributed by atoms with Gasteiger partial charge in [-0.2, -0.15) is 13.2 Å². The van der Waals surface area contributed by atoms with Gasteiger partial charge in [-0.15, -0.1) is 11.8 Å². The van der Waals surface area contributed by atoms with Crippen LogP contribution in [0.1, 0.15) is 43.7 Å². The van der Waals surface area contributed by atoms with E-state index in [9.17, 15) is 13.2 Å². The number of nitrogens with one attached hydrogen (secondary N) is 1. The van der Waals surface area contributed by atoms with Gasteiger partial charge in [0.2, 0.25) is 0 Å². The maximum atomic E-state index is 13.1. The molecule has 1 aliphatic carbocycles. The summed E-state index contributed by atoms with van der Waals surface area (Å²) in [6.07, 6.45) is -0.0416. The Morgan fingerprint density at radius 3 is 2.65 bits per heavy atom. The normalized spacial score (nSPS) is 15.6. The van der Waals surface area contributed by atoms with Crippen molar-refractivity contribution in [2.75, 3.05) is 5.75 Å². The molecule has 0 amide bonds. The van der Waals surface area contributed by atoms with Crippen LogP contribution in [0.5, 0.6) is 0 Å². The predicted molar refractivity (Wildman–Crippen MR) is 76.9 cm³/mol. The van der Waals surface area contributed by atoms with Gasteiger partial charge in [-0.05, 0) is 42.7 Å². The van der Waals surface area contributed by atoms with E-state index in [1.54, 1.807) is 12.1 Å². The Kier molecular flexibility index (Phi) is 5.38. The molecule has 0 atom stereocenters. The maximum absolute atomic E-state index is 13.1. The molecule has 1 N–H and O–H groups in total. The molecule has 1 aromatic carbocycles. The maximum Gasteiger partial charge on any atom is 0.416 e. The van der Waals surface area contributed by atoms with Crippen molar-refractivity contribution in [2.24, 2.45) is 0 Å². The monoisotopic (exact) mass is 303 g/mol. The molecule has 20 heavy (non-hydrogen) atoms. The molecule has 0 spiro atoms. The highest BCUT2D eigenvalue weighted by molar-refractivity contribution is 7.99. The Balaban J connectivity index is 2.09. The molecule has 1 aliphatic rings. The third-order valence-electron chi connectivity index (χ3n) is 3.31. The quantitative estimate of drug-likeness (QED) is 0.571. The summed E-state index contributed by atoms with van der Waals surface area (Å²) in [6, 6.07) is 5.13. The van der Waals surface area contributed by atoms with Crippen molar-refractivity contribution < 1.29 is 13.2 Å². The van der Waals surface area contributed by atoms with Gasteiger partial charge < -0.3 is 5.32 Å². The molecular weight excluding hydrogens is 283 g/mol. The van der Waals surface area contributed by atoms with Gasteiger partial charge in [0.1, 0.15) is 0 Å². The number of hydrogen-bond donors (Lipinski definition) is 1. The first-order valence-electron chi connectivity index (χ1n) is 7.07. The zero-order valence-electron chi connectivity index (χ0n) is 11.6. The van der Waals surface area contributed by atoms with Gasteiger partial charge in [-0.3, -0.25) is 0 Å². The van der Waals surface area contributed by atoms with E-state index < -0.39 is 11.7 Å². The van der Waals surface area contributed by atoms with Gasteiger partial charge in [0, 0.05) is 17.5 Å². The van der Waals surface area contributed by atoms with Crippen LogP contribution in [0.3, 0.4) is 0 Å². The molecule has 112 valence electrons. The molecule has 0 saturated heterocycles. The fourth-order valence-corrected chi connectivity index (χ4v) is 2.97. The first kappa shape index (κ1) is 15.7. The minimum absolute atomic E-state index is 0.305. The second-order valence-electron chi connectivity index (χ2n) is 5.17. The van der Waals surface area contributed by atoms with Crippen molar-refractivity contribution in [1.29, 1.82) is 0 Å². The largest absolute Gasteiger partial charge is 0.416 e. The average molecular weight is 303 g/mol. The van der Waals surface area contributed by atoms with Crippen molar-refractivity contribution in [3.63, 3.8) is 0 Å². The Morgan fingerprint density at radius 2 is 2.05 bits per heavy atom. The van der Waals surface area contributed by atoms with E-state index >= 15 is 0 Å². The topological polar surface area (TPSA) is 12.0 Å². The number of benzene rings is 1. The molecule has 0 aliphatic heterocycles. The molecular formula is C15H20F3NS. The molecule has 0 heterocycles. The van der Waals surface area contributed by atoms with Gasteiger partial charge in [-0.25, -0.2) is 0 Å². The lowest BCUT2D eigenvalue weighted by atomic mass is 10.1. The van der Waals surface area contributed by atoms with Crippen LogP contribution in [-0.4, -0.2) is 11.8 Å². The van der Waals surface area contributed by atoms with Crippen LogP contribution in [0.4, 0.5) is 13.2 Å². The van der Waals surface area contributed by atoms with Crippen LogP contribution in [0.2, 0.25) is 0 Å². The Bertz CT molecular complexity index is 441. The van der Waals surface area contributed by atoms with E-state index in [0.29, 0.717) is 23.0 Å². The Hall–Kier alpha value is -0.680. The van der Waals surface area contributed by atoms with E-state index in [2.05, 4.69) is 12.2 Å². The molecule has 1 fully saturated rings. The van der Waals surface area contributed by atoms with Crippen LogP contribution in [0, 0.1) is 0 Å². The highest BCUT2D eigenvalue weighted by Crippen LogP contribution is 2.35. The lowest BCUT2D eigenvalue weighted by Gasteiger charge is -2.15. The van der Waals surface area contributed by atoms with Crippen molar-refractivity contribution in [2.45, 2.75) is 56.3 Å². The van der Waals surface area contributed by atoms with Crippen molar-refractivity contribution >= 4 is 11.8 Å². The summed E-state index contributed by atoms with van der Waals surface area (Å²) in [6.45, 7) is 2.38. The lowest BCUT2D eigenvalue weighted by Crippen LogP contribution is -2.19. The molecule has 0 aromatic heterocycles. The summed E-state index contributed by atoms with van der Waals surface area (Å²) in [5.41, 5.74) is -0.142. The third-order valence-corrected chi connectivity index (χ3v) is 4.39. The van der Waals surface area contributed by atoms with Crippen LogP contribution in [0.25, 0.3) is 0 Å². The third kappa shape index (κ3) is 4.70. The zero-order valence-corrected chi connectivity index (χ0v) is 12.4.